The highest BCUT2D eigenvalue weighted by molar-refractivity contribution is 5.90. The normalized spacial score (nSPS) is 11.7. The van der Waals surface area contributed by atoms with Crippen molar-refractivity contribution in [1.29, 1.82) is 0 Å². The number of allylic oxidation sites excluding steroid dienone is 1. The Kier molecular flexibility index (Phi) is 13.6. The van der Waals surface area contributed by atoms with Crippen LogP contribution < -0.4 is 9.47 Å². The van der Waals surface area contributed by atoms with E-state index in [0.29, 0.717) is 10.8 Å². The molecule has 2 nitrogen and oxygen atoms in total. The van der Waals surface area contributed by atoms with Crippen molar-refractivity contribution in [3.05, 3.63) is 145 Å². The fourth-order valence-electron chi connectivity index (χ4n) is 6.24. The van der Waals surface area contributed by atoms with Gasteiger partial charge in [0.15, 0.2) is 23.1 Å². The lowest BCUT2D eigenvalue weighted by Crippen LogP contribution is -2.18. The lowest BCUT2D eigenvalue weighted by molar-refractivity contribution is -0.276. The second kappa shape index (κ2) is 18.3. The maximum absolute atomic E-state index is 14.4. The molecule has 0 unspecified atom stereocenters. The van der Waals surface area contributed by atoms with Crippen molar-refractivity contribution < 1.29 is 44.6 Å². The first-order chi connectivity index (χ1) is 26.2. The van der Waals surface area contributed by atoms with E-state index in [2.05, 4.69) is 35.1 Å². The maximum Gasteiger partial charge on any atom is 0.573 e. The first-order valence-corrected chi connectivity index (χ1v) is 18.0. The van der Waals surface area contributed by atoms with Crippen molar-refractivity contribution in [3.8, 4) is 33.8 Å². The smallest absolute Gasteiger partial charge is 0.403 e. The molecule has 10 heteroatoms. The van der Waals surface area contributed by atoms with Crippen LogP contribution in [0.15, 0.2) is 122 Å². The van der Waals surface area contributed by atoms with Gasteiger partial charge in [-0.05, 0) is 94.1 Å². The summed E-state index contributed by atoms with van der Waals surface area (Å²) in [5.41, 5.74) is 6.15. The molecule has 288 valence electrons. The number of fused-ring (bicyclic) bond motifs is 2. The number of hydrogen-bond donors (Lipinski definition) is 0. The van der Waals surface area contributed by atoms with E-state index in [4.69, 9.17) is 0 Å². The first-order valence-electron chi connectivity index (χ1n) is 18.0. The molecule has 0 aliphatic carbocycles. The van der Waals surface area contributed by atoms with Gasteiger partial charge in [-0.1, -0.05) is 124 Å². The van der Waals surface area contributed by atoms with Crippen LogP contribution in [-0.4, -0.2) is 12.7 Å². The fraction of sp³-hybridized carbons (Fsp3) is 0.244. The van der Waals surface area contributed by atoms with Gasteiger partial charge >= 0.3 is 12.7 Å². The molecule has 6 aromatic rings. The SMILES string of the molecule is C=CCCc1ccc(-c2ccc3c(F)c(OC(F)(F)F)ccc3c2)cc1.CCCCCCCc1ccc(-c2ccc3c(F)c(OC(F)(F)F)ccc3c2)cc1. The predicted molar refractivity (Wildman–Crippen MR) is 203 cm³/mol. The van der Waals surface area contributed by atoms with Crippen LogP contribution in [0.2, 0.25) is 0 Å². The van der Waals surface area contributed by atoms with Crippen molar-refractivity contribution in [2.45, 2.75) is 71.0 Å². The van der Waals surface area contributed by atoms with E-state index in [1.54, 1.807) is 24.3 Å². The highest BCUT2D eigenvalue weighted by atomic mass is 19.4. The summed E-state index contributed by atoms with van der Waals surface area (Å²) in [4.78, 5) is 0. The molecule has 0 amide bonds. The number of unbranched alkanes of at least 4 members (excludes halogenated alkanes) is 4. The van der Waals surface area contributed by atoms with Crippen LogP contribution in [-0.2, 0) is 12.8 Å². The molecule has 0 radical (unpaired) electrons. The van der Waals surface area contributed by atoms with Gasteiger partial charge in [0.05, 0.1) is 0 Å². The minimum Gasteiger partial charge on any atom is -0.403 e. The highest BCUT2D eigenvalue weighted by Crippen LogP contribution is 2.35. The number of alkyl halides is 6. The molecule has 55 heavy (non-hydrogen) atoms. The Labute approximate surface area is 315 Å². The van der Waals surface area contributed by atoms with Crippen molar-refractivity contribution in [3.63, 3.8) is 0 Å². The zero-order valence-electron chi connectivity index (χ0n) is 30.2. The summed E-state index contributed by atoms with van der Waals surface area (Å²) in [6.07, 6.45) is 1.09. The maximum atomic E-state index is 14.4. The van der Waals surface area contributed by atoms with Gasteiger partial charge in [0.25, 0.3) is 0 Å². The van der Waals surface area contributed by atoms with E-state index < -0.39 is 35.9 Å². The van der Waals surface area contributed by atoms with Crippen LogP contribution in [0.25, 0.3) is 43.8 Å². The third-order valence-corrected chi connectivity index (χ3v) is 9.07. The number of aryl methyl sites for hydroxylation is 2. The number of benzene rings is 6. The second-order valence-corrected chi connectivity index (χ2v) is 13.1. The van der Waals surface area contributed by atoms with Crippen molar-refractivity contribution >= 4 is 21.5 Å². The van der Waals surface area contributed by atoms with Gasteiger partial charge in [-0.15, -0.1) is 32.9 Å². The molecule has 0 saturated carbocycles. The van der Waals surface area contributed by atoms with E-state index in [1.165, 1.54) is 67.5 Å². The summed E-state index contributed by atoms with van der Waals surface area (Å²) >= 11 is 0. The quantitative estimate of drug-likeness (QED) is 0.0662. The Morgan fingerprint density at radius 2 is 0.927 bits per heavy atom. The summed E-state index contributed by atoms with van der Waals surface area (Å²) in [5.74, 6) is -3.68. The predicted octanol–water partition coefficient (Wildman–Crippen LogP) is 14.7. The van der Waals surface area contributed by atoms with Crippen LogP contribution in [0.3, 0.4) is 0 Å². The second-order valence-electron chi connectivity index (χ2n) is 13.1. The summed E-state index contributed by atoms with van der Waals surface area (Å²) in [6, 6.07) is 31.0. The van der Waals surface area contributed by atoms with Crippen LogP contribution >= 0.6 is 0 Å². The van der Waals surface area contributed by atoms with Crippen molar-refractivity contribution in [2.75, 3.05) is 0 Å². The van der Waals surface area contributed by atoms with E-state index in [1.807, 2.05) is 42.5 Å². The third-order valence-electron chi connectivity index (χ3n) is 9.07. The van der Waals surface area contributed by atoms with Crippen LogP contribution in [0.4, 0.5) is 35.1 Å². The van der Waals surface area contributed by atoms with E-state index >= 15 is 0 Å². The van der Waals surface area contributed by atoms with E-state index in [0.717, 1.165) is 53.6 Å². The van der Waals surface area contributed by atoms with Gasteiger partial charge in [0.1, 0.15) is 0 Å². The molecular formula is C45H40F8O2. The van der Waals surface area contributed by atoms with Crippen LogP contribution in [0.1, 0.15) is 56.6 Å². The van der Waals surface area contributed by atoms with E-state index in [9.17, 15) is 35.1 Å². The molecule has 0 N–H and O–H groups in total. The standard InChI is InChI=1S/C24H24F4O.C21H16F4O/c1-2-3-4-5-6-7-17-8-10-18(11-9-17)19-12-14-21-20(16-19)13-15-22(23(21)25)29-24(26,27)28;1-2-3-4-14-5-7-15(8-6-14)16-9-11-18-17(13-16)10-12-19(20(18)22)26-21(23,24)25/h8-16H,2-7H2,1H3;2,5-13H,1,3-4H2. The Morgan fingerprint density at radius 1 is 0.509 bits per heavy atom. The van der Waals surface area contributed by atoms with Crippen molar-refractivity contribution in [1.82, 2.24) is 0 Å². The minimum atomic E-state index is -4.93. The Morgan fingerprint density at radius 3 is 1.35 bits per heavy atom. The van der Waals surface area contributed by atoms with E-state index in [-0.39, 0.29) is 10.8 Å². The molecule has 6 rings (SSSR count). The first kappa shape index (κ1) is 40.8. The van der Waals surface area contributed by atoms with Gasteiger partial charge in [0.2, 0.25) is 0 Å². The Hall–Kier alpha value is -5.38. The minimum absolute atomic E-state index is 0.0816. The van der Waals surface area contributed by atoms with Crippen molar-refractivity contribution in [2.24, 2.45) is 0 Å². The Bertz CT molecular complexity index is 2190. The third kappa shape index (κ3) is 11.6. The molecule has 0 aliphatic heterocycles. The highest BCUT2D eigenvalue weighted by Gasteiger charge is 2.33. The average Bonchev–Trinajstić information content (AvgIpc) is 3.16. The van der Waals surface area contributed by atoms with Gasteiger partial charge in [0, 0.05) is 10.8 Å². The molecule has 0 saturated heterocycles. The molecule has 0 aliphatic rings. The van der Waals surface area contributed by atoms with Gasteiger partial charge in [-0.25, -0.2) is 8.78 Å². The number of ether oxygens (including phenoxy) is 2. The lowest BCUT2D eigenvalue weighted by Gasteiger charge is -2.12. The fourth-order valence-corrected chi connectivity index (χ4v) is 6.24. The summed E-state index contributed by atoms with van der Waals surface area (Å²) in [5, 5.41) is 1.21. The van der Waals surface area contributed by atoms with Crippen LogP contribution in [0.5, 0.6) is 11.5 Å². The number of hydrogen-bond acceptors (Lipinski definition) is 2. The molecule has 0 heterocycles. The monoisotopic (exact) mass is 764 g/mol. The van der Waals surface area contributed by atoms with Gasteiger partial charge in [-0.3, -0.25) is 0 Å². The summed E-state index contributed by atoms with van der Waals surface area (Å²) in [7, 11) is 0. The largest absolute Gasteiger partial charge is 0.573 e. The summed E-state index contributed by atoms with van der Waals surface area (Å²) < 4.78 is 110. The summed E-state index contributed by atoms with van der Waals surface area (Å²) in [6.45, 7) is 5.90. The molecule has 0 bridgehead atoms. The Balaban J connectivity index is 0.000000212. The molecule has 0 aromatic heterocycles. The molecule has 0 atom stereocenters. The number of rotatable bonds is 13. The lowest BCUT2D eigenvalue weighted by atomic mass is 9.98. The molecular weight excluding hydrogens is 724 g/mol. The zero-order valence-corrected chi connectivity index (χ0v) is 30.2. The van der Waals surface area contributed by atoms with Gasteiger partial charge in [-0.2, -0.15) is 0 Å². The van der Waals surface area contributed by atoms with Gasteiger partial charge < -0.3 is 9.47 Å². The number of halogens is 8. The topological polar surface area (TPSA) is 18.5 Å². The zero-order chi connectivity index (χ0) is 39.6. The molecule has 6 aromatic carbocycles. The molecule has 0 spiro atoms. The van der Waals surface area contributed by atoms with Crippen LogP contribution in [0, 0.1) is 11.6 Å². The average molecular weight is 765 g/mol. The molecule has 0 fully saturated rings.